The van der Waals surface area contributed by atoms with Crippen molar-refractivity contribution in [1.29, 1.82) is 0 Å². The first kappa shape index (κ1) is 18.2. The molecule has 0 spiro atoms. The van der Waals surface area contributed by atoms with Crippen LogP contribution in [0.1, 0.15) is 30.1 Å². The molecule has 0 unspecified atom stereocenters. The predicted molar refractivity (Wildman–Crippen MR) is 98.3 cm³/mol. The first-order chi connectivity index (χ1) is 13.0. The van der Waals surface area contributed by atoms with Gasteiger partial charge in [0.05, 0.1) is 18.8 Å². The first-order valence-corrected chi connectivity index (χ1v) is 9.21. The van der Waals surface area contributed by atoms with Gasteiger partial charge in [0.15, 0.2) is 0 Å². The Kier molecular flexibility index (Phi) is 4.80. The number of hydrogen-bond donors (Lipinski definition) is 2. The zero-order valence-electron chi connectivity index (χ0n) is 15.3. The zero-order chi connectivity index (χ0) is 19.0. The lowest BCUT2D eigenvalue weighted by molar-refractivity contribution is -0.0665. The predicted octanol–water partition coefficient (Wildman–Crippen LogP) is 2.61. The van der Waals surface area contributed by atoms with Crippen LogP contribution in [0.15, 0.2) is 42.5 Å². The van der Waals surface area contributed by atoms with Gasteiger partial charge in [0, 0.05) is 24.7 Å². The van der Waals surface area contributed by atoms with E-state index in [9.17, 15) is 14.6 Å². The summed E-state index contributed by atoms with van der Waals surface area (Å²) in [5.41, 5.74) is 0.531. The monoisotopic (exact) mass is 373 g/mol. The summed E-state index contributed by atoms with van der Waals surface area (Å²) in [6.07, 6.45) is 0.394. The Bertz CT molecular complexity index is 802. The van der Waals surface area contributed by atoms with E-state index in [0.29, 0.717) is 44.0 Å². The number of rotatable bonds is 3. The van der Waals surface area contributed by atoms with E-state index < -0.39 is 11.7 Å². The van der Waals surface area contributed by atoms with Crippen LogP contribution in [0.3, 0.4) is 0 Å². The van der Waals surface area contributed by atoms with Crippen LogP contribution in [-0.2, 0) is 5.60 Å². The average molecular weight is 373 g/mol. The zero-order valence-corrected chi connectivity index (χ0v) is 15.3. The summed E-state index contributed by atoms with van der Waals surface area (Å²) < 4.78 is 24.2. The summed E-state index contributed by atoms with van der Waals surface area (Å²) in [4.78, 5) is 2.16. The molecule has 0 amide bonds. The molecule has 2 N–H and O–H groups in total. The molecule has 2 aromatic rings. The largest absolute Gasteiger partial charge is 0.497 e. The van der Waals surface area contributed by atoms with Crippen molar-refractivity contribution in [3.63, 3.8) is 0 Å². The Morgan fingerprint density at radius 2 is 1.85 bits per heavy atom. The van der Waals surface area contributed by atoms with Crippen LogP contribution < -0.4 is 9.47 Å². The minimum atomic E-state index is -0.962. The third kappa shape index (κ3) is 3.40. The highest BCUT2D eigenvalue weighted by molar-refractivity contribution is 5.43. The Balaban J connectivity index is 1.46. The molecule has 2 aliphatic rings. The third-order valence-electron chi connectivity index (χ3n) is 5.79. The molecule has 1 saturated heterocycles. The number of methoxy groups -OCH3 is 1. The van der Waals surface area contributed by atoms with Crippen molar-refractivity contribution in [1.82, 2.24) is 4.90 Å². The fourth-order valence-corrected chi connectivity index (χ4v) is 4.06. The van der Waals surface area contributed by atoms with Gasteiger partial charge in [-0.3, -0.25) is 4.90 Å². The van der Waals surface area contributed by atoms with Gasteiger partial charge >= 0.3 is 0 Å². The van der Waals surface area contributed by atoms with E-state index in [4.69, 9.17) is 9.47 Å². The van der Waals surface area contributed by atoms with Gasteiger partial charge in [-0.05, 0) is 42.7 Å². The summed E-state index contributed by atoms with van der Waals surface area (Å²) in [6, 6.07) is 11.3. The molecule has 0 aromatic heterocycles. The standard InChI is InChI=1S/C21H24FNO4/c1-26-16-6-7-17-19(12-16)27-13-18(20(17)24)23-10-8-21(25,9-11-23)14-2-4-15(22)5-3-14/h2-7,12,18,20,24-25H,8-11,13H2,1H3/t18-,20+/m1/s1. The molecule has 2 aromatic carbocycles. The second kappa shape index (κ2) is 7.11. The molecule has 0 radical (unpaired) electrons. The molecule has 0 aliphatic carbocycles. The van der Waals surface area contributed by atoms with Crippen LogP contribution in [0, 0.1) is 5.82 Å². The SMILES string of the molecule is COc1ccc2c(c1)OC[C@@H](N1CCC(O)(c3ccc(F)cc3)CC1)[C@H]2O. The maximum absolute atomic E-state index is 13.2. The van der Waals surface area contributed by atoms with Crippen LogP contribution in [-0.4, -0.2) is 48.0 Å². The van der Waals surface area contributed by atoms with Crippen LogP contribution in [0.4, 0.5) is 4.39 Å². The Morgan fingerprint density at radius 3 is 2.52 bits per heavy atom. The number of halogens is 1. The lowest BCUT2D eigenvalue weighted by Crippen LogP contribution is -2.52. The van der Waals surface area contributed by atoms with Crippen LogP contribution in [0.5, 0.6) is 11.5 Å². The first-order valence-electron chi connectivity index (χ1n) is 9.21. The topological polar surface area (TPSA) is 62.2 Å². The number of ether oxygens (including phenoxy) is 2. The number of piperidine rings is 1. The lowest BCUT2D eigenvalue weighted by atomic mass is 9.83. The summed E-state index contributed by atoms with van der Waals surface area (Å²) in [7, 11) is 1.60. The summed E-state index contributed by atoms with van der Waals surface area (Å²) >= 11 is 0. The minimum absolute atomic E-state index is 0.163. The second-order valence-electron chi connectivity index (χ2n) is 7.30. The van der Waals surface area contributed by atoms with Crippen molar-refractivity contribution in [3.05, 3.63) is 59.4 Å². The van der Waals surface area contributed by atoms with Gasteiger partial charge in [0.1, 0.15) is 30.0 Å². The van der Waals surface area contributed by atoms with Crippen molar-refractivity contribution < 1.29 is 24.1 Å². The fourth-order valence-electron chi connectivity index (χ4n) is 4.06. The molecular weight excluding hydrogens is 349 g/mol. The molecule has 5 nitrogen and oxygen atoms in total. The molecule has 1 fully saturated rings. The molecule has 2 heterocycles. The molecule has 6 heteroatoms. The second-order valence-corrected chi connectivity index (χ2v) is 7.30. The van der Waals surface area contributed by atoms with E-state index in [1.165, 1.54) is 12.1 Å². The Morgan fingerprint density at radius 1 is 1.15 bits per heavy atom. The van der Waals surface area contributed by atoms with E-state index in [1.54, 1.807) is 25.3 Å². The highest BCUT2D eigenvalue weighted by Crippen LogP contribution is 2.39. The molecule has 27 heavy (non-hydrogen) atoms. The molecular formula is C21H24FNO4. The third-order valence-corrected chi connectivity index (χ3v) is 5.79. The molecule has 0 bridgehead atoms. The quantitative estimate of drug-likeness (QED) is 0.866. The molecule has 2 atom stereocenters. The number of nitrogens with zero attached hydrogens (tertiary/aromatic N) is 1. The van der Waals surface area contributed by atoms with Gasteiger partial charge in [-0.25, -0.2) is 4.39 Å². The van der Waals surface area contributed by atoms with Crippen molar-refractivity contribution in [2.75, 3.05) is 26.8 Å². The highest BCUT2D eigenvalue weighted by Gasteiger charge is 2.40. The number of fused-ring (bicyclic) bond motifs is 1. The minimum Gasteiger partial charge on any atom is -0.497 e. The van der Waals surface area contributed by atoms with E-state index in [-0.39, 0.29) is 11.9 Å². The van der Waals surface area contributed by atoms with Crippen molar-refractivity contribution in [3.8, 4) is 11.5 Å². The number of hydrogen-bond acceptors (Lipinski definition) is 5. The van der Waals surface area contributed by atoms with Crippen LogP contribution in [0.25, 0.3) is 0 Å². The van der Waals surface area contributed by atoms with E-state index in [1.807, 2.05) is 12.1 Å². The smallest absolute Gasteiger partial charge is 0.128 e. The van der Waals surface area contributed by atoms with Gasteiger partial charge in [-0.2, -0.15) is 0 Å². The fraction of sp³-hybridized carbons (Fsp3) is 0.429. The lowest BCUT2D eigenvalue weighted by Gasteiger charge is -2.44. The Labute approximate surface area is 158 Å². The van der Waals surface area contributed by atoms with Crippen LogP contribution >= 0.6 is 0 Å². The maximum atomic E-state index is 13.2. The summed E-state index contributed by atoms with van der Waals surface area (Å²) in [5, 5.41) is 21.8. The summed E-state index contributed by atoms with van der Waals surface area (Å²) in [5.74, 6) is 1.04. The van der Waals surface area contributed by atoms with Crippen molar-refractivity contribution in [2.45, 2.75) is 30.6 Å². The van der Waals surface area contributed by atoms with Crippen molar-refractivity contribution in [2.24, 2.45) is 0 Å². The van der Waals surface area contributed by atoms with E-state index >= 15 is 0 Å². The number of aliphatic hydroxyl groups is 2. The van der Waals surface area contributed by atoms with Gasteiger partial charge < -0.3 is 19.7 Å². The van der Waals surface area contributed by atoms with Gasteiger partial charge in [0.2, 0.25) is 0 Å². The maximum Gasteiger partial charge on any atom is 0.128 e. The summed E-state index contributed by atoms with van der Waals surface area (Å²) in [6.45, 7) is 1.64. The van der Waals surface area contributed by atoms with Gasteiger partial charge in [0.25, 0.3) is 0 Å². The van der Waals surface area contributed by atoms with Gasteiger partial charge in [-0.15, -0.1) is 0 Å². The number of likely N-dealkylation sites (tertiary alicyclic amines) is 1. The molecule has 144 valence electrons. The van der Waals surface area contributed by atoms with Gasteiger partial charge in [-0.1, -0.05) is 12.1 Å². The molecule has 4 rings (SSSR count). The van der Waals surface area contributed by atoms with Crippen molar-refractivity contribution >= 4 is 0 Å². The number of benzene rings is 2. The molecule has 2 aliphatic heterocycles. The van der Waals surface area contributed by atoms with E-state index in [2.05, 4.69) is 4.90 Å². The normalized spacial score (nSPS) is 24.7. The molecule has 0 saturated carbocycles. The Hall–Kier alpha value is -2.15. The highest BCUT2D eigenvalue weighted by atomic mass is 19.1. The number of aliphatic hydroxyl groups excluding tert-OH is 1. The van der Waals surface area contributed by atoms with Crippen LogP contribution in [0.2, 0.25) is 0 Å². The van der Waals surface area contributed by atoms with E-state index in [0.717, 1.165) is 11.1 Å². The average Bonchev–Trinajstić information content (AvgIpc) is 2.69.